The van der Waals surface area contributed by atoms with Crippen LogP contribution in [0.3, 0.4) is 0 Å². The molecule has 2 aliphatic rings. The maximum atomic E-state index is 13.0. The molecular formula is C21H23FN4O4S. The second-order valence-electron chi connectivity index (χ2n) is 7.51. The Kier molecular flexibility index (Phi) is 5.81. The normalized spacial score (nSPS) is 18.2. The van der Waals surface area contributed by atoms with E-state index >= 15 is 0 Å². The van der Waals surface area contributed by atoms with Gasteiger partial charge in [-0.25, -0.2) is 17.6 Å². The average Bonchev–Trinajstić information content (AvgIpc) is 3.14. The lowest BCUT2D eigenvalue weighted by atomic mass is 10.1. The number of sulfonamides is 1. The van der Waals surface area contributed by atoms with Crippen molar-refractivity contribution in [3.8, 4) is 0 Å². The molecule has 1 N–H and O–H groups in total. The third-order valence-corrected chi connectivity index (χ3v) is 7.30. The Balaban J connectivity index is 1.37. The van der Waals surface area contributed by atoms with Gasteiger partial charge in [-0.1, -0.05) is 6.07 Å². The highest BCUT2D eigenvalue weighted by Crippen LogP contribution is 2.25. The first kappa shape index (κ1) is 21.1. The van der Waals surface area contributed by atoms with Gasteiger partial charge in [0.05, 0.1) is 11.4 Å². The Morgan fingerprint density at radius 1 is 0.903 bits per heavy atom. The standard InChI is InChI=1S/C21H23FN4O4S/c22-17-5-7-18(8-6-17)23-21(28)25-12-10-24(11-13-25)20(27)16-3-1-4-19(15-16)26-9-2-14-31(26,29)30/h1,3-8,15H,2,9-14H2,(H,23,28). The molecule has 31 heavy (non-hydrogen) atoms. The van der Waals surface area contributed by atoms with Gasteiger partial charge in [-0.3, -0.25) is 9.10 Å². The van der Waals surface area contributed by atoms with Gasteiger partial charge in [-0.2, -0.15) is 0 Å². The first-order valence-corrected chi connectivity index (χ1v) is 11.7. The highest BCUT2D eigenvalue weighted by molar-refractivity contribution is 7.93. The molecule has 4 rings (SSSR count). The van der Waals surface area contributed by atoms with Gasteiger partial charge in [0.15, 0.2) is 0 Å². The SMILES string of the molecule is O=C(Nc1ccc(F)cc1)N1CCN(C(=O)c2cccc(N3CCCS3(=O)=O)c2)CC1. The molecule has 2 aromatic rings. The fraction of sp³-hybridized carbons (Fsp3) is 0.333. The zero-order valence-electron chi connectivity index (χ0n) is 16.8. The number of anilines is 2. The van der Waals surface area contributed by atoms with Crippen molar-refractivity contribution in [1.82, 2.24) is 9.80 Å². The molecule has 2 aliphatic heterocycles. The predicted octanol–water partition coefficient (Wildman–Crippen LogP) is 2.36. The fourth-order valence-electron chi connectivity index (χ4n) is 3.75. The number of rotatable bonds is 3. The van der Waals surface area contributed by atoms with Gasteiger partial charge < -0.3 is 15.1 Å². The van der Waals surface area contributed by atoms with Crippen molar-refractivity contribution in [2.75, 3.05) is 48.1 Å². The molecule has 3 amide bonds. The summed E-state index contributed by atoms with van der Waals surface area (Å²) in [5, 5.41) is 2.72. The van der Waals surface area contributed by atoms with Crippen LogP contribution in [0.25, 0.3) is 0 Å². The molecule has 8 nitrogen and oxygen atoms in total. The van der Waals surface area contributed by atoms with Gasteiger partial charge in [0.25, 0.3) is 5.91 Å². The summed E-state index contributed by atoms with van der Waals surface area (Å²) < 4.78 is 38.7. The van der Waals surface area contributed by atoms with Crippen LogP contribution < -0.4 is 9.62 Å². The molecular weight excluding hydrogens is 423 g/mol. The van der Waals surface area contributed by atoms with Gasteiger partial charge in [0.1, 0.15) is 5.82 Å². The number of piperazine rings is 1. The second kappa shape index (κ2) is 8.54. The van der Waals surface area contributed by atoms with Crippen molar-refractivity contribution < 1.29 is 22.4 Å². The van der Waals surface area contributed by atoms with Gasteiger partial charge in [0.2, 0.25) is 10.0 Å². The zero-order chi connectivity index (χ0) is 22.0. The summed E-state index contributed by atoms with van der Waals surface area (Å²) in [6, 6.07) is 11.9. The number of carbonyl (C=O) groups excluding carboxylic acids is 2. The van der Waals surface area contributed by atoms with E-state index < -0.39 is 10.0 Å². The van der Waals surface area contributed by atoms with E-state index in [1.165, 1.54) is 28.6 Å². The van der Waals surface area contributed by atoms with Crippen LogP contribution in [0.2, 0.25) is 0 Å². The van der Waals surface area contributed by atoms with Gasteiger partial charge in [-0.15, -0.1) is 0 Å². The van der Waals surface area contributed by atoms with E-state index in [1.807, 2.05) is 0 Å². The number of urea groups is 1. The summed E-state index contributed by atoms with van der Waals surface area (Å²) >= 11 is 0. The first-order chi connectivity index (χ1) is 14.8. The Morgan fingerprint density at radius 2 is 1.58 bits per heavy atom. The number of hydrogen-bond acceptors (Lipinski definition) is 4. The van der Waals surface area contributed by atoms with Crippen LogP contribution in [-0.2, 0) is 10.0 Å². The molecule has 164 valence electrons. The van der Waals surface area contributed by atoms with Crippen LogP contribution in [0.5, 0.6) is 0 Å². The summed E-state index contributed by atoms with van der Waals surface area (Å²) in [5.74, 6) is -0.457. The van der Waals surface area contributed by atoms with Crippen molar-refractivity contribution in [2.24, 2.45) is 0 Å². The molecule has 0 atom stereocenters. The third-order valence-electron chi connectivity index (χ3n) is 5.43. The van der Waals surface area contributed by atoms with Crippen LogP contribution in [-0.4, -0.2) is 68.6 Å². The van der Waals surface area contributed by atoms with Crippen LogP contribution in [0.4, 0.5) is 20.6 Å². The molecule has 0 saturated carbocycles. The number of nitrogens with zero attached hydrogens (tertiary/aromatic N) is 3. The molecule has 2 aromatic carbocycles. The van der Waals surface area contributed by atoms with Crippen molar-refractivity contribution >= 4 is 33.3 Å². The molecule has 0 aliphatic carbocycles. The molecule has 2 fully saturated rings. The minimum atomic E-state index is -3.32. The summed E-state index contributed by atoms with van der Waals surface area (Å²) in [7, 11) is -3.32. The van der Waals surface area contributed by atoms with Crippen molar-refractivity contribution in [3.05, 3.63) is 59.9 Å². The zero-order valence-corrected chi connectivity index (χ0v) is 17.6. The predicted molar refractivity (Wildman–Crippen MR) is 115 cm³/mol. The quantitative estimate of drug-likeness (QED) is 0.784. The Bertz CT molecular complexity index is 1080. The van der Waals surface area contributed by atoms with E-state index in [1.54, 1.807) is 34.1 Å². The van der Waals surface area contributed by atoms with Crippen LogP contribution in [0.15, 0.2) is 48.5 Å². The topological polar surface area (TPSA) is 90.0 Å². The van der Waals surface area contributed by atoms with Gasteiger partial charge in [-0.05, 0) is 48.9 Å². The lowest BCUT2D eigenvalue weighted by molar-refractivity contribution is 0.0671. The minimum Gasteiger partial charge on any atom is -0.335 e. The van der Waals surface area contributed by atoms with E-state index in [2.05, 4.69) is 5.32 Å². The van der Waals surface area contributed by atoms with Crippen molar-refractivity contribution in [2.45, 2.75) is 6.42 Å². The van der Waals surface area contributed by atoms with Crippen molar-refractivity contribution in [3.63, 3.8) is 0 Å². The Morgan fingerprint density at radius 3 is 2.23 bits per heavy atom. The maximum absolute atomic E-state index is 13.0. The monoisotopic (exact) mass is 446 g/mol. The van der Waals surface area contributed by atoms with Crippen molar-refractivity contribution in [1.29, 1.82) is 0 Å². The number of benzene rings is 2. The molecule has 0 unspecified atom stereocenters. The number of carbonyl (C=O) groups is 2. The molecule has 2 heterocycles. The summed E-state index contributed by atoms with van der Waals surface area (Å²) in [6.07, 6.45) is 0.572. The van der Waals surface area contributed by atoms with E-state index in [9.17, 15) is 22.4 Å². The number of halogens is 1. The molecule has 0 aromatic heterocycles. The van der Waals surface area contributed by atoms with Crippen LogP contribution in [0.1, 0.15) is 16.8 Å². The number of nitrogens with one attached hydrogen (secondary N) is 1. The number of hydrogen-bond donors (Lipinski definition) is 1. The van der Waals surface area contributed by atoms with E-state index in [0.717, 1.165) is 0 Å². The molecule has 0 bridgehead atoms. The minimum absolute atomic E-state index is 0.118. The Hall–Kier alpha value is -3.14. The van der Waals surface area contributed by atoms with E-state index in [-0.39, 0.29) is 23.5 Å². The second-order valence-corrected chi connectivity index (χ2v) is 9.52. The highest BCUT2D eigenvalue weighted by atomic mass is 32.2. The highest BCUT2D eigenvalue weighted by Gasteiger charge is 2.30. The lowest BCUT2D eigenvalue weighted by Gasteiger charge is -2.34. The van der Waals surface area contributed by atoms with Gasteiger partial charge in [0, 0.05) is 44.0 Å². The average molecular weight is 447 g/mol. The largest absolute Gasteiger partial charge is 0.335 e. The third kappa shape index (κ3) is 4.63. The smallest absolute Gasteiger partial charge is 0.321 e. The molecule has 0 spiro atoms. The maximum Gasteiger partial charge on any atom is 0.321 e. The van der Waals surface area contributed by atoms with Crippen LogP contribution in [0, 0.1) is 5.82 Å². The van der Waals surface area contributed by atoms with E-state index in [0.29, 0.717) is 56.1 Å². The fourth-order valence-corrected chi connectivity index (χ4v) is 5.31. The molecule has 0 radical (unpaired) electrons. The Labute approximate surface area is 180 Å². The summed E-state index contributed by atoms with van der Waals surface area (Å²) in [4.78, 5) is 28.6. The van der Waals surface area contributed by atoms with Gasteiger partial charge >= 0.3 is 6.03 Å². The first-order valence-electron chi connectivity index (χ1n) is 10.0. The summed E-state index contributed by atoms with van der Waals surface area (Å²) in [5.41, 5.74) is 1.42. The summed E-state index contributed by atoms with van der Waals surface area (Å²) in [6.45, 7) is 1.86. The number of amides is 3. The van der Waals surface area contributed by atoms with Crippen LogP contribution >= 0.6 is 0 Å². The molecule has 2 saturated heterocycles. The van der Waals surface area contributed by atoms with E-state index in [4.69, 9.17) is 0 Å². The molecule has 10 heteroatoms. The lowest BCUT2D eigenvalue weighted by Crippen LogP contribution is -2.51.